The predicted octanol–water partition coefficient (Wildman–Crippen LogP) is 3.32. The van der Waals surface area contributed by atoms with Gasteiger partial charge in [0.25, 0.3) is 0 Å². The molecule has 90 valence electrons. The Morgan fingerprint density at radius 3 is 2.89 bits per heavy atom. The maximum atomic E-state index is 13.1. The zero-order chi connectivity index (χ0) is 13.0. The summed E-state index contributed by atoms with van der Waals surface area (Å²) in [4.78, 5) is 3.86. The quantitative estimate of drug-likeness (QED) is 0.852. The molecular formula is C13H8ClFN2O. The molecule has 0 atom stereocenters. The molecule has 0 radical (unpaired) electrons. The van der Waals surface area contributed by atoms with Crippen molar-refractivity contribution in [3.05, 3.63) is 58.6 Å². The number of nitrogens with zero attached hydrogens (tertiary/aromatic N) is 2. The Labute approximate surface area is 108 Å². The van der Waals surface area contributed by atoms with Crippen molar-refractivity contribution in [2.45, 2.75) is 6.61 Å². The fourth-order valence-electron chi connectivity index (χ4n) is 1.42. The first kappa shape index (κ1) is 12.3. The topological polar surface area (TPSA) is 45.9 Å². The van der Waals surface area contributed by atoms with Crippen LogP contribution in [0.3, 0.4) is 0 Å². The maximum absolute atomic E-state index is 13.1. The molecule has 2 aromatic rings. The van der Waals surface area contributed by atoms with Crippen LogP contribution in [-0.2, 0) is 6.61 Å². The lowest BCUT2D eigenvalue weighted by Crippen LogP contribution is -1.99. The van der Waals surface area contributed by atoms with E-state index in [9.17, 15) is 4.39 Å². The SMILES string of the molecule is N#Cc1ccc(F)cc1COc1cncc(Cl)c1. The van der Waals surface area contributed by atoms with Crippen molar-refractivity contribution < 1.29 is 9.13 Å². The highest BCUT2D eigenvalue weighted by molar-refractivity contribution is 6.30. The van der Waals surface area contributed by atoms with E-state index < -0.39 is 5.82 Å². The van der Waals surface area contributed by atoms with Crippen LogP contribution in [0, 0.1) is 17.1 Å². The van der Waals surface area contributed by atoms with Crippen molar-refractivity contribution in [1.29, 1.82) is 5.26 Å². The predicted molar refractivity (Wildman–Crippen MR) is 64.7 cm³/mol. The average molecular weight is 263 g/mol. The third-order valence-corrected chi connectivity index (χ3v) is 2.47. The molecule has 1 aromatic carbocycles. The average Bonchev–Trinajstić information content (AvgIpc) is 2.37. The number of rotatable bonds is 3. The highest BCUT2D eigenvalue weighted by atomic mass is 35.5. The Morgan fingerprint density at radius 2 is 2.17 bits per heavy atom. The summed E-state index contributed by atoms with van der Waals surface area (Å²) in [6.07, 6.45) is 2.98. The minimum absolute atomic E-state index is 0.0860. The normalized spacial score (nSPS) is 9.83. The van der Waals surface area contributed by atoms with Crippen LogP contribution in [0.1, 0.15) is 11.1 Å². The van der Waals surface area contributed by atoms with Gasteiger partial charge in [-0.15, -0.1) is 0 Å². The van der Waals surface area contributed by atoms with Crippen LogP contribution in [0.5, 0.6) is 5.75 Å². The van der Waals surface area contributed by atoms with E-state index in [0.29, 0.717) is 21.9 Å². The summed E-state index contributed by atoms with van der Waals surface area (Å²) in [5.74, 6) is 0.0625. The summed E-state index contributed by atoms with van der Waals surface area (Å²) in [5, 5.41) is 9.34. The van der Waals surface area contributed by atoms with E-state index in [-0.39, 0.29) is 6.61 Å². The number of hydrogen-bond acceptors (Lipinski definition) is 3. The molecule has 2 rings (SSSR count). The van der Waals surface area contributed by atoms with E-state index in [4.69, 9.17) is 21.6 Å². The summed E-state index contributed by atoms with van der Waals surface area (Å²) >= 11 is 5.76. The number of aromatic nitrogens is 1. The molecule has 0 aliphatic heterocycles. The van der Waals surface area contributed by atoms with Gasteiger partial charge in [0.1, 0.15) is 18.2 Å². The summed E-state index contributed by atoms with van der Waals surface area (Å²) < 4.78 is 18.5. The van der Waals surface area contributed by atoms with E-state index in [1.54, 1.807) is 6.07 Å². The number of hydrogen-bond donors (Lipinski definition) is 0. The Hall–Kier alpha value is -2.12. The van der Waals surface area contributed by atoms with E-state index in [2.05, 4.69) is 4.98 Å². The molecule has 0 aliphatic rings. The van der Waals surface area contributed by atoms with E-state index in [1.165, 1.54) is 30.6 Å². The summed E-state index contributed by atoms with van der Waals surface area (Å²) in [6, 6.07) is 7.51. The van der Waals surface area contributed by atoms with Crippen LogP contribution >= 0.6 is 11.6 Å². The molecule has 0 bridgehead atoms. The maximum Gasteiger partial charge on any atom is 0.139 e. The molecule has 0 saturated heterocycles. The molecule has 1 heterocycles. The smallest absolute Gasteiger partial charge is 0.139 e. The molecular weight excluding hydrogens is 255 g/mol. The second kappa shape index (κ2) is 5.48. The van der Waals surface area contributed by atoms with Crippen LogP contribution in [0.2, 0.25) is 5.02 Å². The molecule has 1 aromatic heterocycles. The largest absolute Gasteiger partial charge is 0.487 e. The van der Waals surface area contributed by atoms with Crippen molar-refractivity contribution in [2.75, 3.05) is 0 Å². The zero-order valence-corrected chi connectivity index (χ0v) is 9.99. The third-order valence-electron chi connectivity index (χ3n) is 2.26. The van der Waals surface area contributed by atoms with E-state index >= 15 is 0 Å². The molecule has 0 spiro atoms. The summed E-state index contributed by atoms with van der Waals surface area (Å²) in [7, 11) is 0. The molecule has 5 heteroatoms. The van der Waals surface area contributed by atoms with Crippen molar-refractivity contribution in [3.8, 4) is 11.8 Å². The molecule has 0 unspecified atom stereocenters. The van der Waals surface area contributed by atoms with Crippen molar-refractivity contribution >= 4 is 11.6 Å². The highest BCUT2D eigenvalue weighted by Gasteiger charge is 2.05. The van der Waals surface area contributed by atoms with Gasteiger partial charge < -0.3 is 4.74 Å². The van der Waals surface area contributed by atoms with Gasteiger partial charge in [0, 0.05) is 17.8 Å². The van der Waals surface area contributed by atoms with E-state index in [0.717, 1.165) is 0 Å². The molecule has 0 amide bonds. The minimum atomic E-state index is -0.406. The number of nitriles is 1. The molecule has 18 heavy (non-hydrogen) atoms. The summed E-state index contributed by atoms with van der Waals surface area (Å²) in [5.41, 5.74) is 0.865. The van der Waals surface area contributed by atoms with Crippen LogP contribution < -0.4 is 4.74 Å². The van der Waals surface area contributed by atoms with Gasteiger partial charge in [0.2, 0.25) is 0 Å². The van der Waals surface area contributed by atoms with E-state index in [1.807, 2.05) is 6.07 Å². The Kier molecular flexibility index (Phi) is 3.75. The number of benzene rings is 1. The van der Waals surface area contributed by atoms with Crippen LogP contribution in [0.15, 0.2) is 36.7 Å². The van der Waals surface area contributed by atoms with Crippen molar-refractivity contribution in [1.82, 2.24) is 4.98 Å². The number of ether oxygens (including phenoxy) is 1. The number of halogens is 2. The summed E-state index contributed by atoms with van der Waals surface area (Å²) in [6.45, 7) is 0.0860. The molecule has 0 aliphatic carbocycles. The van der Waals surface area contributed by atoms with Gasteiger partial charge >= 0.3 is 0 Å². The lowest BCUT2D eigenvalue weighted by Gasteiger charge is -2.07. The monoisotopic (exact) mass is 262 g/mol. The first-order chi connectivity index (χ1) is 8.69. The van der Waals surface area contributed by atoms with Gasteiger partial charge in [-0.1, -0.05) is 11.6 Å². The molecule has 3 nitrogen and oxygen atoms in total. The Bertz CT molecular complexity index is 610. The minimum Gasteiger partial charge on any atom is -0.487 e. The van der Waals surface area contributed by atoms with Crippen LogP contribution in [-0.4, -0.2) is 4.98 Å². The van der Waals surface area contributed by atoms with Crippen LogP contribution in [0.4, 0.5) is 4.39 Å². The number of pyridine rings is 1. The third kappa shape index (κ3) is 2.96. The van der Waals surface area contributed by atoms with Gasteiger partial charge in [-0.3, -0.25) is 4.98 Å². The lowest BCUT2D eigenvalue weighted by molar-refractivity contribution is 0.304. The first-order valence-electron chi connectivity index (χ1n) is 5.11. The second-order valence-electron chi connectivity index (χ2n) is 3.54. The highest BCUT2D eigenvalue weighted by Crippen LogP contribution is 2.18. The molecule has 0 N–H and O–H groups in total. The van der Waals surface area contributed by atoms with Gasteiger partial charge in [-0.05, 0) is 18.2 Å². The molecule has 0 saturated carbocycles. The lowest BCUT2D eigenvalue weighted by atomic mass is 10.1. The van der Waals surface area contributed by atoms with Crippen molar-refractivity contribution in [3.63, 3.8) is 0 Å². The van der Waals surface area contributed by atoms with Gasteiger partial charge in [0.05, 0.1) is 22.9 Å². The van der Waals surface area contributed by atoms with Gasteiger partial charge in [-0.25, -0.2) is 4.39 Å². The van der Waals surface area contributed by atoms with Gasteiger partial charge in [0.15, 0.2) is 0 Å². The fourth-order valence-corrected chi connectivity index (χ4v) is 1.59. The standard InChI is InChI=1S/C13H8ClFN2O/c14-11-4-13(7-17-6-11)18-8-10-3-12(15)2-1-9(10)5-16/h1-4,6-7H,8H2. The second-order valence-corrected chi connectivity index (χ2v) is 3.98. The molecule has 0 fully saturated rings. The first-order valence-corrected chi connectivity index (χ1v) is 5.49. The van der Waals surface area contributed by atoms with Gasteiger partial charge in [-0.2, -0.15) is 5.26 Å². The fraction of sp³-hybridized carbons (Fsp3) is 0.0769. The Morgan fingerprint density at radius 1 is 1.33 bits per heavy atom. The van der Waals surface area contributed by atoms with Crippen molar-refractivity contribution in [2.24, 2.45) is 0 Å². The zero-order valence-electron chi connectivity index (χ0n) is 9.23. The Balaban J connectivity index is 2.15. The van der Waals surface area contributed by atoms with Crippen LogP contribution in [0.25, 0.3) is 0 Å².